The molecule has 1 atom stereocenters. The fourth-order valence-electron chi connectivity index (χ4n) is 3.99. The number of H-pyrrole nitrogens is 1. The molecule has 1 fully saturated rings. The molecule has 1 aromatic heterocycles. The second kappa shape index (κ2) is 9.68. The van der Waals surface area contributed by atoms with Crippen molar-refractivity contribution < 1.29 is 22.7 Å². The molecule has 8 heteroatoms. The van der Waals surface area contributed by atoms with Gasteiger partial charge in [0.2, 0.25) is 5.91 Å². The molecular formula is C28H27F3N2O3. The van der Waals surface area contributed by atoms with Crippen molar-refractivity contribution in [3.8, 4) is 11.5 Å². The average Bonchev–Trinajstić information content (AvgIpc) is 3.23. The largest absolute Gasteiger partial charge is 0.452 e. The molecule has 4 rings (SSSR count). The Balaban J connectivity index is 1.65. The van der Waals surface area contributed by atoms with Gasteiger partial charge in [-0.25, -0.2) is 0 Å². The van der Waals surface area contributed by atoms with Gasteiger partial charge in [0.15, 0.2) is 5.75 Å². The van der Waals surface area contributed by atoms with Crippen molar-refractivity contribution in [2.24, 2.45) is 0 Å². The van der Waals surface area contributed by atoms with Gasteiger partial charge in [-0.15, -0.1) is 0 Å². The topological polar surface area (TPSA) is 71.2 Å². The number of carbonyl (C=O) groups excluding carboxylic acids is 1. The average molecular weight is 497 g/mol. The number of amides is 1. The summed E-state index contributed by atoms with van der Waals surface area (Å²) in [6.45, 7) is 6.37. The molecule has 2 heterocycles. The summed E-state index contributed by atoms with van der Waals surface area (Å²) in [6, 6.07) is 15.2. The SMILES string of the molecule is CC(C)(C)c1ccc(/C(=C/[C@H]2CCC(=O)N2)c2ccc(Oc3ccc(C(F)(F)F)cc3)c(=O)[nH]2)cc1. The molecule has 2 aromatic carbocycles. The number of benzene rings is 2. The van der Waals surface area contributed by atoms with Crippen molar-refractivity contribution in [1.29, 1.82) is 0 Å². The van der Waals surface area contributed by atoms with Crippen LogP contribution in [0.15, 0.2) is 71.5 Å². The number of ether oxygens (including phenoxy) is 1. The van der Waals surface area contributed by atoms with Crippen molar-refractivity contribution >= 4 is 11.5 Å². The minimum absolute atomic E-state index is 0.0204. The van der Waals surface area contributed by atoms with Crippen LogP contribution < -0.4 is 15.6 Å². The molecule has 2 N–H and O–H groups in total. The first-order valence-corrected chi connectivity index (χ1v) is 11.6. The lowest BCUT2D eigenvalue weighted by Gasteiger charge is -2.20. The molecule has 188 valence electrons. The standard InChI is InChI=1S/C28H27F3N2O3/c1-27(2,3)18-6-4-17(5-7-18)22(16-20-10-15-25(34)32-20)23-13-14-24(26(35)33-23)36-21-11-8-19(9-12-21)28(29,30)31/h4-9,11-14,16,20H,10,15H2,1-3H3,(H,32,34)(H,33,35)/b22-16-/t20-/m1/s1. The summed E-state index contributed by atoms with van der Waals surface area (Å²) in [4.78, 5) is 27.4. The number of halogens is 3. The zero-order valence-electron chi connectivity index (χ0n) is 20.2. The zero-order valence-corrected chi connectivity index (χ0v) is 20.2. The third-order valence-electron chi connectivity index (χ3n) is 6.03. The predicted molar refractivity (Wildman–Crippen MR) is 132 cm³/mol. The van der Waals surface area contributed by atoms with E-state index in [0.29, 0.717) is 18.5 Å². The monoisotopic (exact) mass is 496 g/mol. The third-order valence-corrected chi connectivity index (χ3v) is 6.03. The van der Waals surface area contributed by atoms with Gasteiger partial charge in [0, 0.05) is 23.7 Å². The smallest absolute Gasteiger partial charge is 0.416 e. The van der Waals surface area contributed by atoms with E-state index in [0.717, 1.165) is 28.8 Å². The fraction of sp³-hybridized carbons (Fsp3) is 0.286. The van der Waals surface area contributed by atoms with Gasteiger partial charge in [-0.1, -0.05) is 51.1 Å². The quantitative estimate of drug-likeness (QED) is 0.442. The summed E-state index contributed by atoms with van der Waals surface area (Å²) >= 11 is 0. The molecule has 0 radical (unpaired) electrons. The van der Waals surface area contributed by atoms with Gasteiger partial charge in [-0.05, 0) is 59.4 Å². The number of hydrogen-bond acceptors (Lipinski definition) is 3. The van der Waals surface area contributed by atoms with E-state index in [1.807, 2.05) is 30.3 Å². The molecular weight excluding hydrogens is 469 g/mol. The number of rotatable bonds is 5. The van der Waals surface area contributed by atoms with Crippen LogP contribution in [-0.2, 0) is 16.4 Å². The highest BCUT2D eigenvalue weighted by atomic mass is 19.4. The highest BCUT2D eigenvalue weighted by Gasteiger charge is 2.30. The van der Waals surface area contributed by atoms with Crippen LogP contribution in [0.2, 0.25) is 0 Å². The van der Waals surface area contributed by atoms with Crippen LogP contribution in [0, 0.1) is 0 Å². The Hall–Kier alpha value is -3.81. The maximum Gasteiger partial charge on any atom is 0.416 e. The molecule has 0 unspecified atom stereocenters. The Bertz CT molecular complexity index is 1330. The molecule has 5 nitrogen and oxygen atoms in total. The number of pyridine rings is 1. The number of hydrogen-bond donors (Lipinski definition) is 2. The normalized spacial score (nSPS) is 16.7. The molecule has 0 aliphatic carbocycles. The van der Waals surface area contributed by atoms with Gasteiger partial charge in [0.05, 0.1) is 5.56 Å². The second-order valence-corrected chi connectivity index (χ2v) is 9.81. The molecule has 3 aromatic rings. The van der Waals surface area contributed by atoms with Crippen molar-refractivity contribution in [2.75, 3.05) is 0 Å². The Kier molecular flexibility index (Phi) is 6.80. The number of aromatic amines is 1. The molecule has 1 aliphatic rings. The highest BCUT2D eigenvalue weighted by molar-refractivity contribution is 5.82. The van der Waals surface area contributed by atoms with Crippen LogP contribution in [0.25, 0.3) is 5.57 Å². The molecule has 1 saturated heterocycles. The van der Waals surface area contributed by atoms with E-state index < -0.39 is 17.3 Å². The fourth-order valence-corrected chi connectivity index (χ4v) is 3.99. The Labute approximate surface area is 207 Å². The van der Waals surface area contributed by atoms with Crippen molar-refractivity contribution in [3.05, 3.63) is 99.5 Å². The van der Waals surface area contributed by atoms with Crippen LogP contribution in [0.5, 0.6) is 11.5 Å². The molecule has 0 bridgehead atoms. The number of alkyl halides is 3. The summed E-state index contributed by atoms with van der Waals surface area (Å²) in [7, 11) is 0. The summed E-state index contributed by atoms with van der Waals surface area (Å²) in [5.74, 6) is 0.0472. The summed E-state index contributed by atoms with van der Waals surface area (Å²) in [5, 5.41) is 2.92. The summed E-state index contributed by atoms with van der Waals surface area (Å²) in [6.07, 6.45) is -1.43. The van der Waals surface area contributed by atoms with E-state index in [1.54, 1.807) is 6.07 Å². The van der Waals surface area contributed by atoms with Gasteiger partial charge in [-0.2, -0.15) is 13.2 Å². The first kappa shape index (κ1) is 25.3. The molecule has 0 spiro atoms. The first-order valence-electron chi connectivity index (χ1n) is 11.6. The predicted octanol–water partition coefficient (Wildman–Crippen LogP) is 6.19. The molecule has 36 heavy (non-hydrogen) atoms. The Morgan fingerprint density at radius 1 is 0.917 bits per heavy atom. The van der Waals surface area contributed by atoms with E-state index in [-0.39, 0.29) is 28.9 Å². The van der Waals surface area contributed by atoms with Crippen LogP contribution in [0.3, 0.4) is 0 Å². The second-order valence-electron chi connectivity index (χ2n) is 9.81. The van der Waals surface area contributed by atoms with Gasteiger partial charge < -0.3 is 15.0 Å². The van der Waals surface area contributed by atoms with Gasteiger partial charge >= 0.3 is 6.18 Å². The van der Waals surface area contributed by atoms with Crippen molar-refractivity contribution in [3.63, 3.8) is 0 Å². The Morgan fingerprint density at radius 3 is 2.08 bits per heavy atom. The number of aromatic nitrogens is 1. The minimum Gasteiger partial charge on any atom is -0.452 e. The number of carbonyl (C=O) groups is 1. The lowest BCUT2D eigenvalue weighted by atomic mass is 9.86. The molecule has 1 aliphatic heterocycles. The van der Waals surface area contributed by atoms with E-state index in [9.17, 15) is 22.8 Å². The lowest BCUT2D eigenvalue weighted by Crippen LogP contribution is -2.23. The Morgan fingerprint density at radius 2 is 1.56 bits per heavy atom. The van der Waals surface area contributed by atoms with Crippen LogP contribution in [0.1, 0.15) is 56.0 Å². The van der Waals surface area contributed by atoms with E-state index >= 15 is 0 Å². The van der Waals surface area contributed by atoms with Gasteiger partial charge in [0.1, 0.15) is 5.75 Å². The van der Waals surface area contributed by atoms with Gasteiger partial charge in [0.25, 0.3) is 5.56 Å². The van der Waals surface area contributed by atoms with Crippen molar-refractivity contribution in [2.45, 2.75) is 51.2 Å². The van der Waals surface area contributed by atoms with E-state index in [1.165, 1.54) is 18.2 Å². The lowest BCUT2D eigenvalue weighted by molar-refractivity contribution is -0.137. The summed E-state index contributed by atoms with van der Waals surface area (Å²) < 4.78 is 43.9. The van der Waals surface area contributed by atoms with E-state index in [4.69, 9.17) is 4.74 Å². The first-order chi connectivity index (χ1) is 16.9. The maximum atomic E-state index is 12.8. The zero-order chi connectivity index (χ0) is 26.1. The van der Waals surface area contributed by atoms with Crippen LogP contribution >= 0.6 is 0 Å². The highest BCUT2D eigenvalue weighted by Crippen LogP contribution is 2.32. The number of nitrogens with one attached hydrogen (secondary N) is 2. The third kappa shape index (κ3) is 5.87. The van der Waals surface area contributed by atoms with Crippen LogP contribution in [0.4, 0.5) is 13.2 Å². The van der Waals surface area contributed by atoms with Crippen LogP contribution in [-0.4, -0.2) is 16.9 Å². The minimum atomic E-state index is -4.45. The molecule has 0 saturated carbocycles. The van der Waals surface area contributed by atoms with E-state index in [2.05, 4.69) is 31.1 Å². The molecule has 1 amide bonds. The van der Waals surface area contributed by atoms with Crippen molar-refractivity contribution in [1.82, 2.24) is 10.3 Å². The van der Waals surface area contributed by atoms with Gasteiger partial charge in [-0.3, -0.25) is 9.59 Å². The summed E-state index contributed by atoms with van der Waals surface area (Å²) in [5.41, 5.74) is 1.97. The maximum absolute atomic E-state index is 12.8.